The Morgan fingerprint density at radius 3 is 1.35 bits per heavy atom. The molecule has 8 nitrogen and oxygen atoms in total. The van der Waals surface area contributed by atoms with Gasteiger partial charge in [0.1, 0.15) is 6.61 Å². The zero-order valence-corrected chi connectivity index (χ0v) is 30.4. The third-order valence-electron chi connectivity index (χ3n) is 7.94. The fourth-order valence-corrected chi connectivity index (χ4v) is 5.49. The van der Waals surface area contributed by atoms with Gasteiger partial charge in [0.2, 0.25) is 0 Å². The van der Waals surface area contributed by atoms with Gasteiger partial charge in [0, 0.05) is 12.8 Å². The van der Waals surface area contributed by atoms with Crippen LogP contribution in [0.1, 0.15) is 181 Å². The highest BCUT2D eigenvalue weighted by Gasteiger charge is 2.22. The van der Waals surface area contributed by atoms with E-state index in [-0.39, 0.29) is 19.4 Å². The Kier molecular flexibility index (Phi) is 32.4. The third-order valence-corrected chi connectivity index (χ3v) is 8.43. The molecule has 2 N–H and O–H groups in total. The molecule has 0 aromatic heterocycles. The van der Waals surface area contributed by atoms with Crippen LogP contribution in [0, 0.1) is 0 Å². The van der Waals surface area contributed by atoms with Crippen LogP contribution in [0.15, 0.2) is 24.3 Å². The zero-order chi connectivity index (χ0) is 34.0. The molecule has 0 saturated carbocycles. The summed E-state index contributed by atoms with van der Waals surface area (Å²) in [4.78, 5) is 42.6. The molecule has 0 heterocycles. The van der Waals surface area contributed by atoms with Crippen molar-refractivity contribution in [2.45, 2.75) is 187 Å². The van der Waals surface area contributed by atoms with Gasteiger partial charge in [-0.1, -0.05) is 128 Å². The van der Waals surface area contributed by atoms with Gasteiger partial charge >= 0.3 is 19.8 Å². The number of allylic oxidation sites excluding steroid dienone is 4. The van der Waals surface area contributed by atoms with Crippen molar-refractivity contribution >= 4 is 19.8 Å². The Bertz CT molecular complexity index is 807. The molecular weight excluding hydrogens is 603 g/mol. The second kappa shape index (κ2) is 33.4. The predicted octanol–water partition coefficient (Wildman–Crippen LogP) is 10.8. The molecule has 0 aliphatic carbocycles. The summed E-state index contributed by atoms with van der Waals surface area (Å²) in [5.41, 5.74) is 0. The highest BCUT2D eigenvalue weighted by atomic mass is 31.2. The van der Waals surface area contributed by atoms with Gasteiger partial charge in [0.25, 0.3) is 0 Å². The first-order valence-corrected chi connectivity index (χ1v) is 20.2. The molecule has 270 valence electrons. The van der Waals surface area contributed by atoms with E-state index in [1.165, 1.54) is 77.0 Å². The maximum Gasteiger partial charge on any atom is 0.469 e. The molecule has 0 unspecified atom stereocenters. The number of phosphoric ester groups is 1. The molecule has 0 amide bonds. The molecule has 0 spiro atoms. The van der Waals surface area contributed by atoms with E-state index in [0.29, 0.717) is 12.8 Å². The average Bonchev–Trinajstić information content (AvgIpc) is 3.02. The van der Waals surface area contributed by atoms with Crippen LogP contribution in [0.3, 0.4) is 0 Å². The Labute approximate surface area is 281 Å². The van der Waals surface area contributed by atoms with E-state index in [1.807, 2.05) is 0 Å². The zero-order valence-electron chi connectivity index (χ0n) is 29.5. The molecular formula is C37H69O8P. The lowest BCUT2D eigenvalue weighted by Crippen LogP contribution is -2.29. The van der Waals surface area contributed by atoms with Crippen molar-refractivity contribution in [2.24, 2.45) is 0 Å². The molecule has 0 radical (unpaired) electrons. The molecule has 0 aliphatic rings. The molecule has 0 bridgehead atoms. The molecule has 0 saturated heterocycles. The van der Waals surface area contributed by atoms with Gasteiger partial charge in [-0.2, -0.15) is 0 Å². The van der Waals surface area contributed by atoms with Crippen LogP contribution in [-0.2, 0) is 28.2 Å². The van der Waals surface area contributed by atoms with Crippen LogP contribution in [0.25, 0.3) is 0 Å². The lowest BCUT2D eigenvalue weighted by Gasteiger charge is -2.18. The Balaban J connectivity index is 3.99. The van der Waals surface area contributed by atoms with E-state index in [1.54, 1.807) is 0 Å². The van der Waals surface area contributed by atoms with Crippen LogP contribution in [0.4, 0.5) is 0 Å². The van der Waals surface area contributed by atoms with Gasteiger partial charge in [0.15, 0.2) is 6.10 Å². The minimum Gasteiger partial charge on any atom is -0.462 e. The summed E-state index contributed by atoms with van der Waals surface area (Å²) in [5.74, 6) is -0.903. The van der Waals surface area contributed by atoms with Crippen LogP contribution < -0.4 is 0 Å². The van der Waals surface area contributed by atoms with E-state index in [0.717, 1.165) is 64.2 Å². The van der Waals surface area contributed by atoms with Crippen molar-refractivity contribution in [1.82, 2.24) is 0 Å². The van der Waals surface area contributed by atoms with Crippen molar-refractivity contribution < 1.29 is 37.9 Å². The molecule has 9 heteroatoms. The predicted molar refractivity (Wildman–Crippen MR) is 189 cm³/mol. The van der Waals surface area contributed by atoms with Crippen molar-refractivity contribution in [3.05, 3.63) is 24.3 Å². The number of esters is 2. The standard InChI is InChI=1S/C37H69O8P/c1-3-5-7-9-11-13-15-17-18-20-21-23-25-27-29-31-36(38)43-33-35(34-44-46(40,41)42)45-37(39)32-30-28-26-24-22-19-16-14-12-10-8-6-4-2/h14,16-18,35H,3-13,15,19-34H2,1-2H3,(H2,40,41,42)/b16-14-,18-17-/t35-/m0/s1. The molecule has 0 aromatic carbocycles. The van der Waals surface area contributed by atoms with Gasteiger partial charge in [-0.3, -0.25) is 14.1 Å². The Morgan fingerprint density at radius 2 is 0.913 bits per heavy atom. The highest BCUT2D eigenvalue weighted by Crippen LogP contribution is 2.36. The number of ether oxygens (including phenoxy) is 2. The van der Waals surface area contributed by atoms with Crippen molar-refractivity contribution in [2.75, 3.05) is 13.2 Å². The first-order valence-electron chi connectivity index (χ1n) is 18.6. The van der Waals surface area contributed by atoms with E-state index >= 15 is 0 Å². The second-order valence-electron chi connectivity index (χ2n) is 12.5. The third kappa shape index (κ3) is 35.4. The maximum atomic E-state index is 12.3. The number of unbranched alkanes of at least 4 members (excludes halogenated alkanes) is 20. The Morgan fingerprint density at radius 1 is 0.543 bits per heavy atom. The molecule has 46 heavy (non-hydrogen) atoms. The van der Waals surface area contributed by atoms with E-state index in [9.17, 15) is 14.2 Å². The number of hydrogen-bond donors (Lipinski definition) is 2. The summed E-state index contributed by atoms with van der Waals surface area (Å²) < 4.78 is 26.3. The van der Waals surface area contributed by atoms with Crippen LogP contribution in [-0.4, -0.2) is 41.0 Å². The summed E-state index contributed by atoms with van der Waals surface area (Å²) >= 11 is 0. The fraction of sp³-hybridized carbons (Fsp3) is 0.838. The van der Waals surface area contributed by atoms with E-state index < -0.39 is 32.5 Å². The fourth-order valence-electron chi connectivity index (χ4n) is 5.13. The average molecular weight is 673 g/mol. The van der Waals surface area contributed by atoms with Crippen LogP contribution in [0.2, 0.25) is 0 Å². The summed E-state index contributed by atoms with van der Waals surface area (Å²) in [6, 6.07) is 0. The summed E-state index contributed by atoms with van der Waals surface area (Å²) in [5, 5.41) is 0. The second-order valence-corrected chi connectivity index (χ2v) is 13.8. The number of rotatable bonds is 34. The quantitative estimate of drug-likeness (QED) is 0.0300. The molecule has 0 aromatic rings. The van der Waals surface area contributed by atoms with E-state index in [2.05, 4.69) is 42.7 Å². The van der Waals surface area contributed by atoms with Gasteiger partial charge in [-0.15, -0.1) is 0 Å². The van der Waals surface area contributed by atoms with Crippen LogP contribution >= 0.6 is 7.82 Å². The topological polar surface area (TPSA) is 119 Å². The lowest BCUT2D eigenvalue weighted by molar-refractivity contribution is -0.161. The molecule has 0 aliphatic heterocycles. The van der Waals surface area contributed by atoms with Crippen LogP contribution in [0.5, 0.6) is 0 Å². The number of hydrogen-bond acceptors (Lipinski definition) is 6. The molecule has 0 fully saturated rings. The number of carbonyl (C=O) groups excluding carboxylic acids is 2. The number of phosphoric acid groups is 1. The minimum atomic E-state index is -4.75. The van der Waals surface area contributed by atoms with Crippen molar-refractivity contribution in [1.29, 1.82) is 0 Å². The largest absolute Gasteiger partial charge is 0.469 e. The van der Waals surface area contributed by atoms with Gasteiger partial charge < -0.3 is 19.3 Å². The monoisotopic (exact) mass is 672 g/mol. The first-order chi connectivity index (χ1) is 22.3. The molecule has 0 rings (SSSR count). The minimum absolute atomic E-state index is 0.201. The van der Waals surface area contributed by atoms with Crippen molar-refractivity contribution in [3.63, 3.8) is 0 Å². The van der Waals surface area contributed by atoms with Gasteiger partial charge in [-0.25, -0.2) is 4.57 Å². The highest BCUT2D eigenvalue weighted by molar-refractivity contribution is 7.46. The van der Waals surface area contributed by atoms with Crippen molar-refractivity contribution in [3.8, 4) is 0 Å². The summed E-state index contributed by atoms with van der Waals surface area (Å²) in [7, 11) is -4.75. The summed E-state index contributed by atoms with van der Waals surface area (Å²) in [6.07, 6.45) is 36.1. The van der Waals surface area contributed by atoms with Gasteiger partial charge in [0.05, 0.1) is 6.61 Å². The van der Waals surface area contributed by atoms with Gasteiger partial charge in [-0.05, 0) is 64.2 Å². The number of carbonyl (C=O) groups is 2. The first kappa shape index (κ1) is 44.5. The normalized spacial score (nSPS) is 12.7. The SMILES string of the molecule is CCCCCC/C=C\CCCCCCCC(=O)O[C@@H](COC(=O)CCCCCCC/C=C\CCCCCCCC)COP(=O)(O)O. The summed E-state index contributed by atoms with van der Waals surface area (Å²) in [6.45, 7) is 3.64. The molecule has 1 atom stereocenters. The Hall–Kier alpha value is -1.47. The maximum absolute atomic E-state index is 12.3. The smallest absolute Gasteiger partial charge is 0.462 e. The lowest BCUT2D eigenvalue weighted by atomic mass is 10.1. The van der Waals surface area contributed by atoms with E-state index in [4.69, 9.17) is 19.3 Å².